The second-order valence-corrected chi connectivity index (χ2v) is 4.20. The van der Waals surface area contributed by atoms with Gasteiger partial charge in [-0.2, -0.15) is 0 Å². The van der Waals surface area contributed by atoms with Gasteiger partial charge >= 0.3 is 0 Å². The molecule has 0 aromatic heterocycles. The van der Waals surface area contributed by atoms with E-state index < -0.39 is 0 Å². The summed E-state index contributed by atoms with van der Waals surface area (Å²) in [5.41, 5.74) is 6.16. The molecule has 1 aliphatic rings. The maximum atomic E-state index is 11.8. The van der Waals surface area contributed by atoms with Crippen molar-refractivity contribution in [1.82, 2.24) is 5.32 Å². The quantitative estimate of drug-likeness (QED) is 0.704. The molecule has 0 spiro atoms. The number of aromatic hydroxyl groups is 1. The average Bonchev–Trinajstić information content (AvgIpc) is 3.10. The molecule has 86 valence electrons. The second-order valence-electron chi connectivity index (χ2n) is 4.20. The van der Waals surface area contributed by atoms with Crippen LogP contribution in [0.3, 0.4) is 0 Å². The molecule has 1 aliphatic carbocycles. The van der Waals surface area contributed by atoms with E-state index in [1.54, 1.807) is 12.1 Å². The lowest BCUT2D eigenvalue weighted by atomic mass is 10.1. The van der Waals surface area contributed by atoms with Gasteiger partial charge in [0.2, 0.25) is 0 Å². The van der Waals surface area contributed by atoms with Crippen molar-refractivity contribution in [3.05, 3.63) is 29.8 Å². The van der Waals surface area contributed by atoms with Crippen LogP contribution >= 0.6 is 0 Å². The minimum Gasteiger partial charge on any atom is -0.508 e. The van der Waals surface area contributed by atoms with Crippen LogP contribution in [0.2, 0.25) is 0 Å². The Labute approximate surface area is 94.5 Å². The Bertz CT molecular complexity index is 371. The van der Waals surface area contributed by atoms with E-state index in [9.17, 15) is 4.79 Å². The smallest absolute Gasteiger partial charge is 0.251 e. The SMILES string of the molecule is NCC(NC(=O)c1ccc(O)cc1)C1CC1. The minimum atomic E-state index is -0.123. The van der Waals surface area contributed by atoms with Gasteiger partial charge < -0.3 is 16.2 Å². The van der Waals surface area contributed by atoms with E-state index in [0.717, 1.165) is 12.8 Å². The van der Waals surface area contributed by atoms with Crippen molar-refractivity contribution in [2.24, 2.45) is 11.7 Å². The summed E-state index contributed by atoms with van der Waals surface area (Å²) in [4.78, 5) is 11.8. The first-order valence-corrected chi connectivity index (χ1v) is 5.50. The molecule has 0 aliphatic heterocycles. The normalized spacial score (nSPS) is 16.8. The highest BCUT2D eigenvalue weighted by Gasteiger charge is 2.31. The molecule has 1 amide bonds. The van der Waals surface area contributed by atoms with E-state index in [1.807, 2.05) is 0 Å². The van der Waals surface area contributed by atoms with E-state index in [-0.39, 0.29) is 17.7 Å². The monoisotopic (exact) mass is 220 g/mol. The number of carbonyl (C=O) groups excluding carboxylic acids is 1. The number of nitrogens with two attached hydrogens (primary N) is 1. The molecule has 2 rings (SSSR count). The van der Waals surface area contributed by atoms with Crippen LogP contribution in [0, 0.1) is 5.92 Å². The topological polar surface area (TPSA) is 75.3 Å². The molecule has 1 aromatic rings. The van der Waals surface area contributed by atoms with Crippen LogP contribution < -0.4 is 11.1 Å². The van der Waals surface area contributed by atoms with Crippen LogP contribution in [0.25, 0.3) is 0 Å². The molecule has 0 heterocycles. The highest BCUT2D eigenvalue weighted by molar-refractivity contribution is 5.94. The van der Waals surface area contributed by atoms with Crippen LogP contribution in [0.5, 0.6) is 5.75 Å². The van der Waals surface area contributed by atoms with Crippen molar-refractivity contribution >= 4 is 5.91 Å². The Balaban J connectivity index is 1.98. The summed E-state index contributed by atoms with van der Waals surface area (Å²) >= 11 is 0. The lowest BCUT2D eigenvalue weighted by Gasteiger charge is -2.15. The molecule has 0 saturated heterocycles. The first-order chi connectivity index (χ1) is 7.70. The molecule has 16 heavy (non-hydrogen) atoms. The number of hydrogen-bond donors (Lipinski definition) is 3. The number of benzene rings is 1. The molecular weight excluding hydrogens is 204 g/mol. The third-order valence-electron chi connectivity index (χ3n) is 2.89. The molecule has 1 unspecified atom stereocenters. The van der Waals surface area contributed by atoms with Gasteiger partial charge in [0.25, 0.3) is 5.91 Å². The van der Waals surface area contributed by atoms with Crippen molar-refractivity contribution in [3.8, 4) is 5.75 Å². The molecule has 1 aromatic carbocycles. The standard InChI is InChI=1S/C12H16N2O2/c13-7-11(8-1-2-8)14-12(16)9-3-5-10(15)6-4-9/h3-6,8,11,15H,1-2,7,13H2,(H,14,16). The van der Waals surface area contributed by atoms with Gasteiger partial charge in [0, 0.05) is 18.2 Å². The van der Waals surface area contributed by atoms with Crippen molar-refractivity contribution in [2.45, 2.75) is 18.9 Å². The Morgan fingerprint density at radius 1 is 1.44 bits per heavy atom. The van der Waals surface area contributed by atoms with E-state index in [1.165, 1.54) is 12.1 Å². The largest absolute Gasteiger partial charge is 0.508 e. The molecule has 4 heteroatoms. The van der Waals surface area contributed by atoms with E-state index in [0.29, 0.717) is 18.0 Å². The number of nitrogens with one attached hydrogen (secondary N) is 1. The average molecular weight is 220 g/mol. The van der Waals surface area contributed by atoms with Gasteiger partial charge in [-0.3, -0.25) is 4.79 Å². The molecule has 4 N–H and O–H groups in total. The molecule has 0 bridgehead atoms. The van der Waals surface area contributed by atoms with E-state index in [2.05, 4.69) is 5.32 Å². The summed E-state index contributed by atoms with van der Waals surface area (Å²) in [6, 6.07) is 6.30. The van der Waals surface area contributed by atoms with Gasteiger partial charge in [0.15, 0.2) is 0 Å². The molecule has 1 saturated carbocycles. The summed E-state index contributed by atoms with van der Waals surface area (Å²) in [7, 11) is 0. The zero-order valence-corrected chi connectivity index (χ0v) is 9.02. The minimum absolute atomic E-state index is 0.0845. The third-order valence-corrected chi connectivity index (χ3v) is 2.89. The maximum Gasteiger partial charge on any atom is 0.251 e. The van der Waals surface area contributed by atoms with Gasteiger partial charge in [0.1, 0.15) is 5.75 Å². The van der Waals surface area contributed by atoms with Crippen molar-refractivity contribution < 1.29 is 9.90 Å². The number of rotatable bonds is 4. The van der Waals surface area contributed by atoms with Gasteiger partial charge in [0.05, 0.1) is 0 Å². The van der Waals surface area contributed by atoms with Crippen molar-refractivity contribution in [3.63, 3.8) is 0 Å². The van der Waals surface area contributed by atoms with Crippen LogP contribution in [0.15, 0.2) is 24.3 Å². The highest BCUT2D eigenvalue weighted by Crippen LogP contribution is 2.32. The Hall–Kier alpha value is -1.55. The first-order valence-electron chi connectivity index (χ1n) is 5.50. The summed E-state index contributed by atoms with van der Waals surface area (Å²) in [5.74, 6) is 0.586. The van der Waals surface area contributed by atoms with Gasteiger partial charge in [-0.05, 0) is 43.0 Å². The zero-order chi connectivity index (χ0) is 11.5. The number of phenols is 1. The van der Waals surface area contributed by atoms with Crippen LogP contribution in [-0.2, 0) is 0 Å². The molecule has 1 fully saturated rings. The van der Waals surface area contributed by atoms with Crippen LogP contribution in [-0.4, -0.2) is 23.6 Å². The molecule has 1 atom stereocenters. The highest BCUT2D eigenvalue weighted by atomic mass is 16.3. The second kappa shape index (κ2) is 4.53. The fraction of sp³-hybridized carbons (Fsp3) is 0.417. The van der Waals surface area contributed by atoms with Crippen molar-refractivity contribution in [2.75, 3.05) is 6.54 Å². The number of carbonyl (C=O) groups is 1. The molecule has 4 nitrogen and oxygen atoms in total. The predicted octanol–water partition coefficient (Wildman–Crippen LogP) is 0.859. The fourth-order valence-corrected chi connectivity index (χ4v) is 1.73. The summed E-state index contributed by atoms with van der Waals surface area (Å²) in [6.45, 7) is 0.481. The number of phenolic OH excluding ortho intramolecular Hbond substituents is 1. The van der Waals surface area contributed by atoms with Gasteiger partial charge in [-0.25, -0.2) is 0 Å². The summed E-state index contributed by atoms with van der Waals surface area (Å²) < 4.78 is 0. The Morgan fingerprint density at radius 3 is 2.56 bits per heavy atom. The van der Waals surface area contributed by atoms with Crippen LogP contribution in [0.1, 0.15) is 23.2 Å². The summed E-state index contributed by atoms with van der Waals surface area (Å²) in [6.07, 6.45) is 2.30. The predicted molar refractivity (Wildman–Crippen MR) is 61.1 cm³/mol. The van der Waals surface area contributed by atoms with Gasteiger partial charge in [-0.1, -0.05) is 0 Å². The van der Waals surface area contributed by atoms with E-state index >= 15 is 0 Å². The lowest BCUT2D eigenvalue weighted by molar-refractivity contribution is 0.0933. The Kier molecular flexibility index (Phi) is 3.10. The third kappa shape index (κ3) is 2.52. The van der Waals surface area contributed by atoms with E-state index in [4.69, 9.17) is 10.8 Å². The zero-order valence-electron chi connectivity index (χ0n) is 9.02. The van der Waals surface area contributed by atoms with Crippen LogP contribution in [0.4, 0.5) is 0 Å². The fourth-order valence-electron chi connectivity index (χ4n) is 1.73. The molecule has 0 radical (unpaired) electrons. The van der Waals surface area contributed by atoms with Gasteiger partial charge in [-0.15, -0.1) is 0 Å². The number of hydrogen-bond acceptors (Lipinski definition) is 3. The van der Waals surface area contributed by atoms with Crippen molar-refractivity contribution in [1.29, 1.82) is 0 Å². The first kappa shape index (κ1) is 11.0. The Morgan fingerprint density at radius 2 is 2.06 bits per heavy atom. The molecular formula is C12H16N2O2. The lowest BCUT2D eigenvalue weighted by Crippen LogP contribution is -2.41. The summed E-state index contributed by atoms with van der Waals surface area (Å²) in [5, 5.41) is 12.0. The number of amides is 1. The maximum absolute atomic E-state index is 11.8.